The fourth-order valence-corrected chi connectivity index (χ4v) is 7.01. The van der Waals surface area contributed by atoms with Gasteiger partial charge in [0.2, 0.25) is 0 Å². The Kier molecular flexibility index (Phi) is 1.51. The molecule has 2 spiro atoms. The number of thioether (sulfide) groups is 1. The van der Waals surface area contributed by atoms with Crippen LogP contribution < -0.4 is 0 Å². The molecule has 0 N–H and O–H groups in total. The summed E-state index contributed by atoms with van der Waals surface area (Å²) >= 11 is 2.11. The summed E-state index contributed by atoms with van der Waals surface area (Å²) in [7, 11) is 0. The predicted octanol–water partition coefficient (Wildman–Crippen LogP) is 3.43. The van der Waals surface area contributed by atoms with E-state index in [1.807, 2.05) is 0 Å². The minimum Gasteiger partial charge on any atom is -0.361 e. The second-order valence-electron chi connectivity index (χ2n) is 6.63. The lowest BCUT2D eigenvalue weighted by Crippen LogP contribution is -2.53. The van der Waals surface area contributed by atoms with Crippen molar-refractivity contribution < 1.29 is 4.74 Å². The molecule has 2 saturated carbocycles. The zero-order valence-electron chi connectivity index (χ0n) is 9.71. The van der Waals surface area contributed by atoms with Gasteiger partial charge in [-0.25, -0.2) is 0 Å². The Labute approximate surface area is 96.3 Å². The first kappa shape index (κ1) is 9.35. The van der Waals surface area contributed by atoms with E-state index in [4.69, 9.17) is 4.74 Å². The van der Waals surface area contributed by atoms with Crippen molar-refractivity contribution in [2.24, 2.45) is 16.7 Å². The molecule has 4 fully saturated rings. The fourth-order valence-electron chi connectivity index (χ4n) is 5.22. The Hall–Kier alpha value is 0.310. The number of ether oxygens (including phenoxy) is 1. The first-order valence-corrected chi connectivity index (χ1v) is 7.44. The first-order chi connectivity index (χ1) is 7.10. The maximum Gasteiger partial charge on any atom is 0.104 e. The van der Waals surface area contributed by atoms with Crippen molar-refractivity contribution in [3.8, 4) is 0 Å². The molecule has 0 radical (unpaired) electrons. The van der Waals surface area contributed by atoms with Gasteiger partial charge >= 0.3 is 0 Å². The molecule has 0 aromatic heterocycles. The molecule has 0 aromatic carbocycles. The maximum absolute atomic E-state index is 6.43. The number of fused-ring (bicyclic) bond motifs is 2. The number of hydrogen-bond donors (Lipinski definition) is 0. The average Bonchev–Trinajstić information content (AvgIpc) is 2.72. The SMILES string of the molecule is CC1(C)[C@@H]2CC[C@]13CS[C@H]1CC[C@]3(C2)O1. The number of hydrogen-bond acceptors (Lipinski definition) is 2. The molecular weight excluding hydrogens is 204 g/mol. The molecule has 2 heteroatoms. The van der Waals surface area contributed by atoms with Crippen LogP contribution in [0.25, 0.3) is 0 Å². The lowest BCUT2D eigenvalue weighted by molar-refractivity contribution is -0.117. The average molecular weight is 224 g/mol. The molecular formula is C13H20OS. The van der Waals surface area contributed by atoms with Crippen LogP contribution >= 0.6 is 11.8 Å². The van der Waals surface area contributed by atoms with Crippen molar-refractivity contribution in [2.45, 2.75) is 57.0 Å². The van der Waals surface area contributed by atoms with Crippen molar-refractivity contribution in [2.75, 3.05) is 5.75 Å². The van der Waals surface area contributed by atoms with Crippen molar-refractivity contribution >= 4 is 11.8 Å². The summed E-state index contributed by atoms with van der Waals surface area (Å²) in [6.07, 6.45) is 6.94. The van der Waals surface area contributed by atoms with Crippen LogP contribution in [0.15, 0.2) is 0 Å². The molecule has 0 unspecified atom stereocenters. The van der Waals surface area contributed by atoms with E-state index in [1.54, 1.807) is 0 Å². The first-order valence-electron chi connectivity index (χ1n) is 6.39. The van der Waals surface area contributed by atoms with Crippen molar-refractivity contribution in [3.05, 3.63) is 0 Å². The van der Waals surface area contributed by atoms with Gasteiger partial charge in [0.25, 0.3) is 0 Å². The Morgan fingerprint density at radius 3 is 2.87 bits per heavy atom. The van der Waals surface area contributed by atoms with E-state index in [0.29, 0.717) is 21.9 Å². The third-order valence-corrected chi connectivity index (χ3v) is 7.64. The van der Waals surface area contributed by atoms with Crippen LogP contribution in [0.4, 0.5) is 0 Å². The highest BCUT2D eigenvalue weighted by molar-refractivity contribution is 7.99. The second kappa shape index (κ2) is 2.43. The van der Waals surface area contributed by atoms with Crippen molar-refractivity contribution in [3.63, 3.8) is 0 Å². The third kappa shape index (κ3) is 0.792. The lowest BCUT2D eigenvalue weighted by atomic mass is 9.63. The van der Waals surface area contributed by atoms with Gasteiger partial charge in [0, 0.05) is 11.2 Å². The fraction of sp³-hybridized carbons (Fsp3) is 1.00. The zero-order chi connectivity index (χ0) is 10.3. The maximum atomic E-state index is 6.43. The molecule has 4 atom stereocenters. The molecule has 0 aromatic rings. The van der Waals surface area contributed by atoms with Crippen LogP contribution in [0.5, 0.6) is 0 Å². The highest BCUT2D eigenvalue weighted by Crippen LogP contribution is 2.76. The Balaban J connectivity index is 1.89. The predicted molar refractivity (Wildman–Crippen MR) is 62.9 cm³/mol. The smallest absolute Gasteiger partial charge is 0.104 e. The minimum atomic E-state index is 0.315. The third-order valence-electron chi connectivity index (χ3n) is 6.28. The molecule has 84 valence electrons. The molecule has 4 aliphatic rings. The molecule has 2 saturated heterocycles. The summed E-state index contributed by atoms with van der Waals surface area (Å²) in [5, 5.41) is 0. The summed E-state index contributed by atoms with van der Waals surface area (Å²) in [6, 6.07) is 0. The minimum absolute atomic E-state index is 0.315. The topological polar surface area (TPSA) is 9.23 Å². The van der Waals surface area contributed by atoms with E-state index in [-0.39, 0.29) is 0 Å². The quantitative estimate of drug-likeness (QED) is 0.623. The van der Waals surface area contributed by atoms with Crippen LogP contribution in [0.1, 0.15) is 46.0 Å². The molecule has 15 heavy (non-hydrogen) atoms. The van der Waals surface area contributed by atoms with Gasteiger partial charge in [-0.15, -0.1) is 11.8 Å². The van der Waals surface area contributed by atoms with Crippen LogP contribution in [0.2, 0.25) is 0 Å². The molecule has 2 aliphatic carbocycles. The summed E-state index contributed by atoms with van der Waals surface area (Å²) in [4.78, 5) is 0. The van der Waals surface area contributed by atoms with Crippen LogP contribution in [0.3, 0.4) is 0 Å². The molecule has 1 nitrogen and oxygen atoms in total. The normalized spacial score (nSPS) is 59.6. The molecule has 2 heterocycles. The standard InChI is InChI=1S/C13H20OS/c1-11(2)9-3-5-12(11)8-15-10-4-6-13(12,7-9)14-10/h9-10H,3-8H2,1-2H3/t9-,10+,12+,13-/m1/s1. The van der Waals surface area contributed by atoms with E-state index in [1.165, 1.54) is 37.9 Å². The zero-order valence-corrected chi connectivity index (χ0v) is 10.5. The van der Waals surface area contributed by atoms with Gasteiger partial charge in [0.15, 0.2) is 0 Å². The highest BCUT2D eigenvalue weighted by Gasteiger charge is 2.74. The van der Waals surface area contributed by atoms with Crippen molar-refractivity contribution in [1.29, 1.82) is 0 Å². The van der Waals surface area contributed by atoms with Gasteiger partial charge in [-0.2, -0.15) is 0 Å². The van der Waals surface area contributed by atoms with Gasteiger partial charge in [-0.3, -0.25) is 0 Å². The Bertz CT molecular complexity index is 326. The largest absolute Gasteiger partial charge is 0.361 e. The Morgan fingerprint density at radius 2 is 2.07 bits per heavy atom. The number of rotatable bonds is 0. The van der Waals surface area contributed by atoms with Crippen LogP contribution in [0, 0.1) is 16.7 Å². The monoisotopic (exact) mass is 224 g/mol. The second-order valence-corrected chi connectivity index (χ2v) is 7.78. The molecule has 2 aliphatic heterocycles. The van der Waals surface area contributed by atoms with Gasteiger partial charge < -0.3 is 4.74 Å². The Morgan fingerprint density at radius 1 is 1.20 bits per heavy atom. The van der Waals surface area contributed by atoms with E-state index < -0.39 is 0 Å². The van der Waals surface area contributed by atoms with Gasteiger partial charge in [0.1, 0.15) is 5.44 Å². The highest BCUT2D eigenvalue weighted by atomic mass is 32.2. The molecule has 4 bridgehead atoms. The van der Waals surface area contributed by atoms with E-state index >= 15 is 0 Å². The van der Waals surface area contributed by atoms with E-state index in [0.717, 1.165) is 5.92 Å². The van der Waals surface area contributed by atoms with Gasteiger partial charge in [-0.1, -0.05) is 13.8 Å². The molecule has 0 amide bonds. The van der Waals surface area contributed by atoms with Gasteiger partial charge in [-0.05, 0) is 43.4 Å². The van der Waals surface area contributed by atoms with Crippen LogP contribution in [-0.4, -0.2) is 16.8 Å². The van der Waals surface area contributed by atoms with Crippen molar-refractivity contribution in [1.82, 2.24) is 0 Å². The van der Waals surface area contributed by atoms with Crippen LogP contribution in [-0.2, 0) is 4.74 Å². The molecule has 4 rings (SSSR count). The lowest BCUT2D eigenvalue weighted by Gasteiger charge is -2.51. The van der Waals surface area contributed by atoms with Gasteiger partial charge in [0.05, 0.1) is 5.60 Å². The summed E-state index contributed by atoms with van der Waals surface area (Å²) in [6.45, 7) is 5.03. The summed E-state index contributed by atoms with van der Waals surface area (Å²) in [5.41, 5.74) is 1.93. The van der Waals surface area contributed by atoms with E-state index in [9.17, 15) is 0 Å². The summed E-state index contributed by atoms with van der Waals surface area (Å²) in [5.74, 6) is 2.32. The van der Waals surface area contributed by atoms with E-state index in [2.05, 4.69) is 25.6 Å². The summed E-state index contributed by atoms with van der Waals surface area (Å²) < 4.78 is 6.43.